The highest BCUT2D eigenvalue weighted by molar-refractivity contribution is 5.63. The first kappa shape index (κ1) is 15.5. The summed E-state index contributed by atoms with van der Waals surface area (Å²) >= 11 is 0. The zero-order valence-corrected chi connectivity index (χ0v) is 13.7. The average Bonchev–Trinajstić information content (AvgIpc) is 2.46. The molecule has 0 radical (unpaired) electrons. The lowest BCUT2D eigenvalue weighted by molar-refractivity contribution is 0.590. The van der Waals surface area contributed by atoms with E-state index in [1.165, 1.54) is 5.56 Å². The number of nitrogens with zero attached hydrogens (tertiary/aromatic N) is 2. The van der Waals surface area contributed by atoms with Crippen molar-refractivity contribution in [3.63, 3.8) is 0 Å². The highest BCUT2D eigenvalue weighted by Crippen LogP contribution is 2.26. The van der Waals surface area contributed by atoms with Gasteiger partial charge in [0.25, 0.3) is 0 Å². The van der Waals surface area contributed by atoms with Crippen LogP contribution in [0.2, 0.25) is 0 Å². The largest absolute Gasteiger partial charge is 0.373 e. The van der Waals surface area contributed by atoms with Crippen LogP contribution in [0.25, 0.3) is 11.3 Å². The number of aryl methyl sites for hydroxylation is 1. The van der Waals surface area contributed by atoms with Gasteiger partial charge in [-0.2, -0.15) is 0 Å². The summed E-state index contributed by atoms with van der Waals surface area (Å²) in [6.07, 6.45) is 1.96. The molecule has 21 heavy (non-hydrogen) atoms. The summed E-state index contributed by atoms with van der Waals surface area (Å²) in [5.41, 5.74) is 3.63. The van der Waals surface area contributed by atoms with Crippen LogP contribution in [0, 0.1) is 0 Å². The van der Waals surface area contributed by atoms with Crippen LogP contribution in [0.15, 0.2) is 30.3 Å². The van der Waals surface area contributed by atoms with Crippen molar-refractivity contribution in [2.75, 3.05) is 12.4 Å². The molecule has 0 saturated heterocycles. The summed E-state index contributed by atoms with van der Waals surface area (Å²) in [4.78, 5) is 9.18. The second kappa shape index (κ2) is 6.25. The van der Waals surface area contributed by atoms with Crippen LogP contribution in [0.4, 0.5) is 5.82 Å². The van der Waals surface area contributed by atoms with Gasteiger partial charge >= 0.3 is 0 Å². The van der Waals surface area contributed by atoms with E-state index in [1.54, 1.807) is 0 Å². The number of hydrogen-bond acceptors (Lipinski definition) is 3. The number of rotatable bonds is 4. The summed E-state index contributed by atoms with van der Waals surface area (Å²) in [6, 6.07) is 10.7. The number of aromatic nitrogens is 2. The Balaban J connectivity index is 2.39. The van der Waals surface area contributed by atoms with Crippen molar-refractivity contribution in [1.82, 2.24) is 9.97 Å². The van der Waals surface area contributed by atoms with E-state index < -0.39 is 0 Å². The first-order valence-electron chi connectivity index (χ1n) is 7.60. The molecular formula is C18H25N3. The van der Waals surface area contributed by atoms with Gasteiger partial charge < -0.3 is 5.32 Å². The zero-order chi connectivity index (χ0) is 15.5. The highest BCUT2D eigenvalue weighted by atomic mass is 15.0. The van der Waals surface area contributed by atoms with Gasteiger partial charge in [-0.05, 0) is 17.4 Å². The molecule has 1 aromatic carbocycles. The average molecular weight is 283 g/mol. The molecule has 1 heterocycles. The Morgan fingerprint density at radius 3 is 2.24 bits per heavy atom. The molecule has 112 valence electrons. The molecule has 0 aliphatic heterocycles. The highest BCUT2D eigenvalue weighted by Gasteiger charge is 2.13. The summed E-state index contributed by atoms with van der Waals surface area (Å²) < 4.78 is 0. The molecule has 0 saturated carbocycles. The van der Waals surface area contributed by atoms with Crippen molar-refractivity contribution in [2.24, 2.45) is 0 Å². The second-order valence-electron chi connectivity index (χ2n) is 6.38. The molecule has 1 aromatic heterocycles. The summed E-state index contributed by atoms with van der Waals surface area (Å²) in [7, 11) is 1.89. The Kier molecular flexibility index (Phi) is 4.61. The molecule has 0 unspecified atom stereocenters. The van der Waals surface area contributed by atoms with E-state index in [9.17, 15) is 0 Å². The number of anilines is 1. The van der Waals surface area contributed by atoms with Gasteiger partial charge in [0.2, 0.25) is 0 Å². The van der Waals surface area contributed by atoms with E-state index in [-0.39, 0.29) is 5.41 Å². The first-order valence-corrected chi connectivity index (χ1v) is 7.60. The molecule has 0 amide bonds. The lowest BCUT2D eigenvalue weighted by atomic mass is 9.86. The molecule has 0 bridgehead atoms. The van der Waals surface area contributed by atoms with Gasteiger partial charge in [0.1, 0.15) is 11.6 Å². The Bertz CT molecular complexity index is 595. The van der Waals surface area contributed by atoms with Crippen LogP contribution in [0.5, 0.6) is 0 Å². The molecule has 2 aromatic rings. The Morgan fingerprint density at radius 1 is 1.05 bits per heavy atom. The van der Waals surface area contributed by atoms with Gasteiger partial charge in [-0.25, -0.2) is 9.97 Å². The molecule has 0 atom stereocenters. The predicted octanol–water partition coefficient (Wildman–Crippen LogP) is 4.44. The molecule has 0 fully saturated rings. The van der Waals surface area contributed by atoms with Crippen LogP contribution in [0.1, 0.15) is 45.5 Å². The third-order valence-electron chi connectivity index (χ3n) is 3.55. The van der Waals surface area contributed by atoms with Gasteiger partial charge in [0, 0.05) is 25.1 Å². The molecule has 0 aliphatic carbocycles. The zero-order valence-electron chi connectivity index (χ0n) is 13.7. The monoisotopic (exact) mass is 283 g/mol. The quantitative estimate of drug-likeness (QED) is 0.901. The van der Waals surface area contributed by atoms with Crippen molar-refractivity contribution in [3.05, 3.63) is 41.7 Å². The maximum absolute atomic E-state index is 4.68. The van der Waals surface area contributed by atoms with Crippen LogP contribution in [-0.4, -0.2) is 17.0 Å². The maximum Gasteiger partial charge on any atom is 0.131 e. The van der Waals surface area contributed by atoms with E-state index in [0.717, 1.165) is 35.7 Å². The van der Waals surface area contributed by atoms with Crippen molar-refractivity contribution in [1.29, 1.82) is 0 Å². The van der Waals surface area contributed by atoms with Gasteiger partial charge in [-0.15, -0.1) is 0 Å². The Labute approximate surface area is 127 Å². The van der Waals surface area contributed by atoms with E-state index in [2.05, 4.69) is 67.2 Å². The Morgan fingerprint density at radius 2 is 1.71 bits per heavy atom. The molecule has 0 aliphatic rings. The first-order chi connectivity index (χ1) is 9.94. The predicted molar refractivity (Wildman–Crippen MR) is 89.7 cm³/mol. The molecular weight excluding hydrogens is 258 g/mol. The lowest BCUT2D eigenvalue weighted by Gasteiger charge is -2.19. The third kappa shape index (κ3) is 3.81. The van der Waals surface area contributed by atoms with Crippen molar-refractivity contribution >= 4 is 5.82 Å². The normalized spacial score (nSPS) is 11.5. The second-order valence-corrected chi connectivity index (χ2v) is 6.38. The van der Waals surface area contributed by atoms with Crippen molar-refractivity contribution in [3.8, 4) is 11.3 Å². The van der Waals surface area contributed by atoms with Gasteiger partial charge in [0.05, 0.1) is 5.69 Å². The fraction of sp³-hybridized carbons (Fsp3) is 0.444. The molecule has 1 N–H and O–H groups in total. The fourth-order valence-corrected chi connectivity index (χ4v) is 2.25. The number of hydrogen-bond donors (Lipinski definition) is 1. The van der Waals surface area contributed by atoms with Gasteiger partial charge in [-0.3, -0.25) is 0 Å². The summed E-state index contributed by atoms with van der Waals surface area (Å²) in [5, 5.41) is 3.12. The van der Waals surface area contributed by atoms with Crippen LogP contribution in [0.3, 0.4) is 0 Å². The van der Waals surface area contributed by atoms with Crippen molar-refractivity contribution < 1.29 is 0 Å². The minimum absolute atomic E-state index is 0.174. The lowest BCUT2D eigenvalue weighted by Crippen LogP contribution is -2.10. The van der Waals surface area contributed by atoms with Gasteiger partial charge in [0.15, 0.2) is 0 Å². The molecule has 0 spiro atoms. The standard InChI is InChI=1S/C18H25N3/c1-6-7-16-20-15(12-17(19-5)21-16)13-8-10-14(11-9-13)18(2,3)4/h8-12H,6-7H2,1-5H3,(H,19,20,21). The van der Waals surface area contributed by atoms with Crippen LogP contribution >= 0.6 is 0 Å². The number of nitrogens with one attached hydrogen (secondary N) is 1. The minimum Gasteiger partial charge on any atom is -0.373 e. The minimum atomic E-state index is 0.174. The SMILES string of the molecule is CCCc1nc(NC)cc(-c2ccc(C(C)(C)C)cc2)n1. The molecule has 2 rings (SSSR count). The van der Waals surface area contributed by atoms with E-state index in [0.29, 0.717) is 0 Å². The third-order valence-corrected chi connectivity index (χ3v) is 3.55. The molecule has 3 nitrogen and oxygen atoms in total. The van der Waals surface area contributed by atoms with E-state index in [4.69, 9.17) is 0 Å². The smallest absolute Gasteiger partial charge is 0.131 e. The van der Waals surface area contributed by atoms with Crippen molar-refractivity contribution in [2.45, 2.75) is 46.0 Å². The van der Waals surface area contributed by atoms with E-state index in [1.807, 2.05) is 13.1 Å². The topological polar surface area (TPSA) is 37.8 Å². The summed E-state index contributed by atoms with van der Waals surface area (Å²) in [5.74, 6) is 1.78. The maximum atomic E-state index is 4.68. The molecule has 3 heteroatoms. The Hall–Kier alpha value is -1.90. The van der Waals surface area contributed by atoms with Crippen LogP contribution in [-0.2, 0) is 11.8 Å². The number of benzene rings is 1. The van der Waals surface area contributed by atoms with Gasteiger partial charge in [-0.1, -0.05) is 52.0 Å². The fourth-order valence-electron chi connectivity index (χ4n) is 2.25. The van der Waals surface area contributed by atoms with Crippen LogP contribution < -0.4 is 5.32 Å². The van der Waals surface area contributed by atoms with E-state index >= 15 is 0 Å². The summed E-state index contributed by atoms with van der Waals surface area (Å²) in [6.45, 7) is 8.83.